The van der Waals surface area contributed by atoms with Crippen molar-refractivity contribution < 1.29 is 9.59 Å². The van der Waals surface area contributed by atoms with Crippen molar-refractivity contribution in [1.29, 1.82) is 0 Å². The smallest absolute Gasteiger partial charge is 0.333 e. The number of aromatic nitrogens is 2. The van der Waals surface area contributed by atoms with E-state index in [4.69, 9.17) is 0 Å². The highest BCUT2D eigenvalue weighted by atomic mass is 16.2. The molecule has 1 aromatic heterocycles. The number of amides is 2. The van der Waals surface area contributed by atoms with Crippen molar-refractivity contribution in [2.45, 2.75) is 72.0 Å². The van der Waals surface area contributed by atoms with Gasteiger partial charge in [0.15, 0.2) is 0 Å². The number of carbonyl (C=O) groups is 2. The van der Waals surface area contributed by atoms with Crippen LogP contribution in [0.3, 0.4) is 0 Å². The summed E-state index contributed by atoms with van der Waals surface area (Å²) in [6.45, 7) is 11.5. The third kappa shape index (κ3) is 4.83. The summed E-state index contributed by atoms with van der Waals surface area (Å²) in [5, 5.41) is 0. The molecular formula is C27H37N5O4. The van der Waals surface area contributed by atoms with Gasteiger partial charge >= 0.3 is 5.69 Å². The molecule has 2 amide bonds. The zero-order chi connectivity index (χ0) is 26.1. The third-order valence-corrected chi connectivity index (χ3v) is 7.17. The first-order valence-corrected chi connectivity index (χ1v) is 12.9. The molecule has 2 aliphatic rings. The second kappa shape index (κ2) is 10.3. The van der Waals surface area contributed by atoms with Crippen molar-refractivity contribution in [1.82, 2.24) is 14.0 Å². The standard InChI is InChI=1S/C27H37N5O4/c1-18(2)30-23(17-26(35)31(19(3)4)27(30)36)28-12-14-29(15-13-28)24(33)10-11-25(34)32-20(5)16-21-8-6-7-9-22(21)32/h6-9,17-20H,10-16H2,1-5H3. The Morgan fingerprint density at radius 2 is 1.50 bits per heavy atom. The van der Waals surface area contributed by atoms with Crippen molar-refractivity contribution in [3.05, 3.63) is 56.7 Å². The molecule has 1 fully saturated rings. The fourth-order valence-corrected chi connectivity index (χ4v) is 5.39. The average molecular weight is 496 g/mol. The van der Waals surface area contributed by atoms with E-state index < -0.39 is 0 Å². The van der Waals surface area contributed by atoms with Crippen molar-refractivity contribution in [3.63, 3.8) is 0 Å². The van der Waals surface area contributed by atoms with Crippen LogP contribution in [0.15, 0.2) is 39.9 Å². The fraction of sp³-hybridized carbons (Fsp3) is 0.556. The zero-order valence-electron chi connectivity index (χ0n) is 21.9. The molecule has 0 bridgehead atoms. The third-order valence-electron chi connectivity index (χ3n) is 7.17. The van der Waals surface area contributed by atoms with Gasteiger partial charge in [0.25, 0.3) is 5.56 Å². The maximum atomic E-state index is 13.1. The molecule has 3 heterocycles. The summed E-state index contributed by atoms with van der Waals surface area (Å²) in [6, 6.07) is 9.23. The number of fused-ring (bicyclic) bond motifs is 1. The first kappa shape index (κ1) is 25.7. The maximum Gasteiger partial charge on any atom is 0.333 e. The lowest BCUT2D eigenvalue weighted by atomic mass is 10.1. The van der Waals surface area contributed by atoms with E-state index in [1.165, 1.54) is 16.2 Å². The van der Waals surface area contributed by atoms with Gasteiger partial charge in [-0.15, -0.1) is 0 Å². The Bertz CT molecular complexity index is 1250. The molecule has 194 valence electrons. The Kier molecular flexibility index (Phi) is 7.38. The highest BCUT2D eigenvalue weighted by Crippen LogP contribution is 2.32. The second-order valence-corrected chi connectivity index (χ2v) is 10.4. The van der Waals surface area contributed by atoms with Crippen LogP contribution in [0.1, 0.15) is 65.1 Å². The van der Waals surface area contributed by atoms with Crippen molar-refractivity contribution >= 4 is 23.3 Å². The Morgan fingerprint density at radius 3 is 2.14 bits per heavy atom. The molecule has 1 unspecified atom stereocenters. The van der Waals surface area contributed by atoms with Gasteiger partial charge in [-0.25, -0.2) is 4.79 Å². The van der Waals surface area contributed by atoms with E-state index in [9.17, 15) is 19.2 Å². The van der Waals surface area contributed by atoms with Gasteiger partial charge in [0, 0.05) is 68.9 Å². The Hall–Kier alpha value is -3.36. The number of hydrogen-bond acceptors (Lipinski definition) is 5. The van der Waals surface area contributed by atoms with Crippen LogP contribution >= 0.6 is 0 Å². The van der Waals surface area contributed by atoms with E-state index in [1.807, 2.05) is 68.7 Å². The number of rotatable bonds is 6. The molecule has 2 aromatic rings. The van der Waals surface area contributed by atoms with Crippen LogP contribution in [0.5, 0.6) is 0 Å². The minimum atomic E-state index is -0.309. The number of hydrogen-bond donors (Lipinski definition) is 0. The van der Waals surface area contributed by atoms with E-state index in [2.05, 4.69) is 0 Å². The predicted octanol–water partition coefficient (Wildman–Crippen LogP) is 2.58. The summed E-state index contributed by atoms with van der Waals surface area (Å²) in [6.07, 6.45) is 1.18. The van der Waals surface area contributed by atoms with Gasteiger partial charge < -0.3 is 14.7 Å². The summed E-state index contributed by atoms with van der Waals surface area (Å²) >= 11 is 0. The number of nitrogens with zero attached hydrogens (tertiary/aromatic N) is 5. The van der Waals surface area contributed by atoms with Crippen LogP contribution in [0, 0.1) is 0 Å². The van der Waals surface area contributed by atoms with Gasteiger partial charge in [-0.05, 0) is 52.7 Å². The van der Waals surface area contributed by atoms with E-state index >= 15 is 0 Å². The molecule has 36 heavy (non-hydrogen) atoms. The zero-order valence-corrected chi connectivity index (χ0v) is 21.9. The van der Waals surface area contributed by atoms with E-state index in [0.29, 0.717) is 32.0 Å². The van der Waals surface area contributed by atoms with E-state index in [1.54, 1.807) is 9.47 Å². The topological polar surface area (TPSA) is 87.9 Å². The van der Waals surface area contributed by atoms with Gasteiger partial charge in [0.05, 0.1) is 0 Å². The van der Waals surface area contributed by atoms with Crippen molar-refractivity contribution in [2.24, 2.45) is 0 Å². The fourth-order valence-electron chi connectivity index (χ4n) is 5.39. The van der Waals surface area contributed by atoms with Crippen LogP contribution in [-0.4, -0.2) is 58.1 Å². The number of piperazine rings is 1. The van der Waals surface area contributed by atoms with Gasteiger partial charge in [-0.1, -0.05) is 18.2 Å². The number of benzene rings is 1. The summed E-state index contributed by atoms with van der Waals surface area (Å²) in [5.74, 6) is 0.534. The van der Waals surface area contributed by atoms with E-state index in [-0.39, 0.29) is 54.0 Å². The minimum Gasteiger partial charge on any atom is -0.354 e. The highest BCUT2D eigenvalue weighted by Gasteiger charge is 2.31. The minimum absolute atomic E-state index is 0.0221. The van der Waals surface area contributed by atoms with Crippen molar-refractivity contribution in [3.8, 4) is 0 Å². The Labute approximate surface area is 211 Å². The lowest BCUT2D eigenvalue weighted by Gasteiger charge is -2.37. The largest absolute Gasteiger partial charge is 0.354 e. The van der Waals surface area contributed by atoms with Crippen LogP contribution in [0.25, 0.3) is 0 Å². The van der Waals surface area contributed by atoms with Crippen molar-refractivity contribution in [2.75, 3.05) is 36.0 Å². The van der Waals surface area contributed by atoms with Gasteiger partial charge in [-0.3, -0.25) is 23.5 Å². The molecule has 9 heteroatoms. The first-order valence-electron chi connectivity index (χ1n) is 12.9. The molecule has 0 saturated carbocycles. The normalized spacial score (nSPS) is 17.8. The Balaban J connectivity index is 1.39. The van der Waals surface area contributed by atoms with E-state index in [0.717, 1.165) is 12.1 Å². The monoisotopic (exact) mass is 495 g/mol. The van der Waals surface area contributed by atoms with Gasteiger partial charge in [0.1, 0.15) is 5.82 Å². The number of carbonyl (C=O) groups excluding carboxylic acids is 2. The average Bonchev–Trinajstić information content (AvgIpc) is 3.17. The van der Waals surface area contributed by atoms with Gasteiger partial charge in [0.2, 0.25) is 11.8 Å². The number of para-hydroxylation sites is 1. The molecule has 0 radical (unpaired) electrons. The molecular weight excluding hydrogens is 458 g/mol. The summed E-state index contributed by atoms with van der Waals surface area (Å²) in [5.41, 5.74) is 1.50. The molecule has 0 N–H and O–H groups in total. The van der Waals surface area contributed by atoms with Crippen LogP contribution < -0.4 is 21.0 Å². The lowest BCUT2D eigenvalue weighted by molar-refractivity contribution is -0.133. The molecule has 0 aliphatic carbocycles. The molecule has 4 rings (SSSR count). The molecule has 1 saturated heterocycles. The van der Waals surface area contributed by atoms with Crippen LogP contribution in [-0.2, 0) is 16.0 Å². The molecule has 2 aliphatic heterocycles. The lowest BCUT2D eigenvalue weighted by Crippen LogP contribution is -2.52. The van der Waals surface area contributed by atoms with Crippen LogP contribution in [0.2, 0.25) is 0 Å². The predicted molar refractivity (Wildman–Crippen MR) is 141 cm³/mol. The number of anilines is 2. The van der Waals surface area contributed by atoms with Crippen LogP contribution in [0.4, 0.5) is 11.5 Å². The quantitative estimate of drug-likeness (QED) is 0.615. The van der Waals surface area contributed by atoms with Gasteiger partial charge in [-0.2, -0.15) is 0 Å². The molecule has 1 aromatic carbocycles. The molecule has 1 atom stereocenters. The summed E-state index contributed by atoms with van der Waals surface area (Å²) in [4.78, 5) is 57.2. The summed E-state index contributed by atoms with van der Waals surface area (Å²) < 4.78 is 2.94. The highest BCUT2D eigenvalue weighted by molar-refractivity contribution is 5.97. The maximum absolute atomic E-state index is 13.1. The SMILES string of the molecule is CC1Cc2ccccc2N1C(=O)CCC(=O)N1CCN(c2cc(=O)n(C(C)C)c(=O)n2C(C)C)CC1. The summed E-state index contributed by atoms with van der Waals surface area (Å²) in [7, 11) is 0. The molecule has 0 spiro atoms. The molecule has 9 nitrogen and oxygen atoms in total. The first-order chi connectivity index (χ1) is 17.1. The Morgan fingerprint density at radius 1 is 0.889 bits per heavy atom. The second-order valence-electron chi connectivity index (χ2n) is 10.4.